The van der Waals surface area contributed by atoms with Crippen LogP contribution >= 0.6 is 0 Å². The van der Waals surface area contributed by atoms with Gasteiger partial charge in [-0.3, -0.25) is 19.4 Å². The molecular formula is C25H23FN4O3. The van der Waals surface area contributed by atoms with Crippen LogP contribution < -0.4 is 20.4 Å². The molecule has 0 saturated carbocycles. The summed E-state index contributed by atoms with van der Waals surface area (Å²) in [7, 11) is 0. The van der Waals surface area contributed by atoms with Crippen molar-refractivity contribution in [1.82, 2.24) is 5.32 Å². The first-order valence-electron chi connectivity index (χ1n) is 10.5. The van der Waals surface area contributed by atoms with E-state index in [1.165, 1.54) is 34.1 Å². The lowest BCUT2D eigenvalue weighted by Gasteiger charge is -2.35. The summed E-state index contributed by atoms with van der Waals surface area (Å²) in [5.74, 6) is -1.10. The van der Waals surface area contributed by atoms with Crippen molar-refractivity contribution in [2.24, 2.45) is 0 Å². The maximum Gasteiger partial charge on any atom is 0.326 e. The molecule has 0 atom stereocenters. The van der Waals surface area contributed by atoms with E-state index in [1.54, 1.807) is 24.3 Å². The molecule has 4 amide bonds. The number of rotatable bonds is 5. The highest BCUT2D eigenvalue weighted by atomic mass is 19.1. The van der Waals surface area contributed by atoms with E-state index in [1.807, 2.05) is 31.2 Å². The number of urea groups is 1. The predicted octanol–water partition coefficient (Wildman–Crippen LogP) is 3.84. The fourth-order valence-electron chi connectivity index (χ4n) is 3.55. The molecule has 1 aliphatic heterocycles. The van der Waals surface area contributed by atoms with Crippen LogP contribution in [0.15, 0.2) is 72.8 Å². The number of carbonyl (C=O) groups is 3. The molecule has 0 unspecified atom stereocenters. The van der Waals surface area contributed by atoms with E-state index < -0.39 is 11.8 Å². The van der Waals surface area contributed by atoms with E-state index in [0.29, 0.717) is 23.6 Å². The zero-order chi connectivity index (χ0) is 23.4. The van der Waals surface area contributed by atoms with Gasteiger partial charge in [-0.25, -0.2) is 9.18 Å². The standard InChI is InChI=1S/C25H23FN4O3/c1-17-6-8-18(9-7-17)14-27-23(31)15-29-21-4-2-3-5-22(21)30(16-24(29)32)25(33)28-20-12-10-19(26)11-13-20/h2-13H,14-16H2,1H3,(H,27,31)(H,28,33). The Morgan fingerprint density at radius 2 is 1.61 bits per heavy atom. The zero-order valence-electron chi connectivity index (χ0n) is 18.0. The van der Waals surface area contributed by atoms with Crippen molar-refractivity contribution < 1.29 is 18.8 Å². The topological polar surface area (TPSA) is 81.8 Å². The molecule has 4 rings (SSSR count). The van der Waals surface area contributed by atoms with Crippen LogP contribution in [0.5, 0.6) is 0 Å². The van der Waals surface area contributed by atoms with Crippen molar-refractivity contribution in [2.75, 3.05) is 28.2 Å². The lowest BCUT2D eigenvalue weighted by Crippen LogP contribution is -2.51. The van der Waals surface area contributed by atoms with E-state index in [9.17, 15) is 18.8 Å². The number of hydrogen-bond acceptors (Lipinski definition) is 3. The molecule has 7 nitrogen and oxygen atoms in total. The summed E-state index contributed by atoms with van der Waals surface area (Å²) in [6.45, 7) is 1.96. The van der Waals surface area contributed by atoms with Crippen LogP contribution in [-0.4, -0.2) is 30.9 Å². The largest absolute Gasteiger partial charge is 0.350 e. The molecule has 0 radical (unpaired) electrons. The first-order valence-corrected chi connectivity index (χ1v) is 10.5. The lowest BCUT2D eigenvalue weighted by atomic mass is 10.1. The van der Waals surface area contributed by atoms with Crippen molar-refractivity contribution in [3.63, 3.8) is 0 Å². The quantitative estimate of drug-likeness (QED) is 0.625. The average molecular weight is 446 g/mol. The second-order valence-corrected chi connectivity index (χ2v) is 7.75. The number of para-hydroxylation sites is 2. The highest BCUT2D eigenvalue weighted by Gasteiger charge is 2.33. The summed E-state index contributed by atoms with van der Waals surface area (Å²) in [4.78, 5) is 41.0. The minimum absolute atomic E-state index is 0.158. The van der Waals surface area contributed by atoms with E-state index in [2.05, 4.69) is 10.6 Å². The molecule has 1 aliphatic rings. The third kappa shape index (κ3) is 5.17. The van der Waals surface area contributed by atoms with Gasteiger partial charge in [-0.15, -0.1) is 0 Å². The van der Waals surface area contributed by atoms with E-state index in [-0.39, 0.29) is 24.9 Å². The minimum Gasteiger partial charge on any atom is -0.350 e. The van der Waals surface area contributed by atoms with Crippen molar-refractivity contribution >= 4 is 34.9 Å². The summed E-state index contributed by atoms with van der Waals surface area (Å²) < 4.78 is 13.1. The molecular weight excluding hydrogens is 423 g/mol. The molecule has 0 bridgehead atoms. The molecule has 1 heterocycles. The molecule has 2 N–H and O–H groups in total. The Hall–Kier alpha value is -4.20. The lowest BCUT2D eigenvalue weighted by molar-refractivity contribution is -0.123. The minimum atomic E-state index is -0.522. The van der Waals surface area contributed by atoms with Crippen LogP contribution in [0.1, 0.15) is 11.1 Å². The Labute approximate surface area is 190 Å². The number of nitrogens with one attached hydrogen (secondary N) is 2. The van der Waals surface area contributed by atoms with Gasteiger partial charge in [0.2, 0.25) is 11.8 Å². The Balaban J connectivity index is 1.46. The normalized spacial score (nSPS) is 12.8. The predicted molar refractivity (Wildman–Crippen MR) is 125 cm³/mol. The van der Waals surface area contributed by atoms with E-state index >= 15 is 0 Å². The van der Waals surface area contributed by atoms with Gasteiger partial charge in [0.05, 0.1) is 11.4 Å². The average Bonchev–Trinajstić information content (AvgIpc) is 2.81. The highest BCUT2D eigenvalue weighted by molar-refractivity contribution is 6.14. The van der Waals surface area contributed by atoms with Gasteiger partial charge < -0.3 is 10.6 Å². The van der Waals surface area contributed by atoms with Gasteiger partial charge in [0.15, 0.2) is 0 Å². The molecule has 0 saturated heterocycles. The van der Waals surface area contributed by atoms with Crippen molar-refractivity contribution in [3.05, 3.63) is 89.7 Å². The smallest absolute Gasteiger partial charge is 0.326 e. The highest BCUT2D eigenvalue weighted by Crippen LogP contribution is 2.33. The fraction of sp³-hybridized carbons (Fsp3) is 0.160. The van der Waals surface area contributed by atoms with Crippen molar-refractivity contribution in [1.29, 1.82) is 0 Å². The Kier molecular flexibility index (Phi) is 6.35. The molecule has 0 fully saturated rings. The number of carbonyl (C=O) groups excluding carboxylic acids is 3. The number of halogens is 1. The Morgan fingerprint density at radius 1 is 0.939 bits per heavy atom. The van der Waals surface area contributed by atoms with Crippen LogP contribution in [0.25, 0.3) is 0 Å². The number of hydrogen-bond donors (Lipinski definition) is 2. The zero-order valence-corrected chi connectivity index (χ0v) is 18.0. The van der Waals surface area contributed by atoms with Gasteiger partial charge in [0, 0.05) is 12.2 Å². The summed E-state index contributed by atoms with van der Waals surface area (Å²) in [5.41, 5.74) is 3.47. The molecule has 0 spiro atoms. The number of fused-ring (bicyclic) bond motifs is 1. The molecule has 0 aromatic heterocycles. The first kappa shape index (κ1) is 22.0. The van der Waals surface area contributed by atoms with Crippen molar-refractivity contribution in [3.8, 4) is 0 Å². The van der Waals surface area contributed by atoms with Crippen LogP contribution in [0.3, 0.4) is 0 Å². The van der Waals surface area contributed by atoms with E-state index in [0.717, 1.165) is 11.1 Å². The first-order chi connectivity index (χ1) is 15.9. The summed E-state index contributed by atoms with van der Waals surface area (Å²) in [5, 5.41) is 5.50. The van der Waals surface area contributed by atoms with Crippen LogP contribution in [-0.2, 0) is 16.1 Å². The van der Waals surface area contributed by atoms with Crippen molar-refractivity contribution in [2.45, 2.75) is 13.5 Å². The molecule has 3 aromatic rings. The number of anilines is 3. The Morgan fingerprint density at radius 3 is 2.30 bits per heavy atom. The van der Waals surface area contributed by atoms with E-state index in [4.69, 9.17) is 0 Å². The molecule has 8 heteroatoms. The second-order valence-electron chi connectivity index (χ2n) is 7.75. The third-order valence-electron chi connectivity index (χ3n) is 5.31. The number of benzene rings is 3. The van der Waals surface area contributed by atoms with Gasteiger partial charge in [0.1, 0.15) is 18.9 Å². The SMILES string of the molecule is Cc1ccc(CNC(=O)CN2C(=O)CN(C(=O)Nc3ccc(F)cc3)c3ccccc32)cc1. The number of nitrogens with zero attached hydrogens (tertiary/aromatic N) is 2. The number of aryl methyl sites for hydroxylation is 1. The third-order valence-corrected chi connectivity index (χ3v) is 5.31. The van der Waals surface area contributed by atoms with Gasteiger partial charge in [-0.1, -0.05) is 42.0 Å². The molecule has 33 heavy (non-hydrogen) atoms. The fourth-order valence-corrected chi connectivity index (χ4v) is 3.55. The van der Waals surface area contributed by atoms with Crippen LogP contribution in [0.4, 0.5) is 26.2 Å². The molecule has 3 aromatic carbocycles. The monoisotopic (exact) mass is 446 g/mol. The maximum absolute atomic E-state index is 13.1. The van der Waals surface area contributed by atoms with Crippen LogP contribution in [0, 0.1) is 12.7 Å². The van der Waals surface area contributed by atoms with Gasteiger partial charge >= 0.3 is 6.03 Å². The molecule has 168 valence electrons. The maximum atomic E-state index is 13.1. The summed E-state index contributed by atoms with van der Waals surface area (Å²) in [6.07, 6.45) is 0. The van der Waals surface area contributed by atoms with Crippen LogP contribution in [0.2, 0.25) is 0 Å². The second kappa shape index (κ2) is 9.52. The molecule has 0 aliphatic carbocycles. The number of amides is 4. The Bertz CT molecular complexity index is 1180. The van der Waals surface area contributed by atoms with Gasteiger partial charge in [-0.05, 0) is 48.9 Å². The van der Waals surface area contributed by atoms with Gasteiger partial charge in [0.25, 0.3) is 0 Å². The summed E-state index contributed by atoms with van der Waals surface area (Å²) >= 11 is 0. The van der Waals surface area contributed by atoms with Gasteiger partial charge in [-0.2, -0.15) is 0 Å². The summed E-state index contributed by atoms with van der Waals surface area (Å²) in [6, 6.07) is 19.5.